The van der Waals surface area contributed by atoms with Crippen LogP contribution in [0.15, 0.2) is 71.6 Å². The van der Waals surface area contributed by atoms with Crippen molar-refractivity contribution in [2.24, 2.45) is 0 Å². The van der Waals surface area contributed by atoms with Crippen molar-refractivity contribution < 1.29 is 18.0 Å². The lowest BCUT2D eigenvalue weighted by Gasteiger charge is -2.26. The lowest BCUT2D eigenvalue weighted by molar-refractivity contribution is -0.128. The highest BCUT2D eigenvalue weighted by molar-refractivity contribution is 7.92. The van der Waals surface area contributed by atoms with Crippen LogP contribution in [0.4, 0.5) is 5.69 Å². The van der Waals surface area contributed by atoms with Gasteiger partial charge in [0, 0.05) is 31.1 Å². The Hall–Kier alpha value is -3.36. The summed E-state index contributed by atoms with van der Waals surface area (Å²) in [7, 11) is -4.05. The molecule has 0 bridgehead atoms. The van der Waals surface area contributed by atoms with Crippen LogP contribution in [0.25, 0.3) is 0 Å². The van der Waals surface area contributed by atoms with Crippen molar-refractivity contribution in [2.75, 3.05) is 17.4 Å². The maximum Gasteiger partial charge on any atom is 0.264 e. The molecule has 0 spiro atoms. The third-order valence-electron chi connectivity index (χ3n) is 6.53. The maximum absolute atomic E-state index is 13.7. The van der Waals surface area contributed by atoms with Crippen LogP contribution in [-0.4, -0.2) is 38.2 Å². The number of amides is 2. The molecular weight excluding hydrogens is 510 g/mol. The van der Waals surface area contributed by atoms with E-state index in [1.807, 2.05) is 36.1 Å². The zero-order valence-electron chi connectivity index (χ0n) is 20.9. The Labute approximate surface area is 223 Å². The molecule has 1 saturated heterocycles. The van der Waals surface area contributed by atoms with Crippen molar-refractivity contribution in [3.63, 3.8) is 0 Å². The summed E-state index contributed by atoms with van der Waals surface area (Å²) < 4.78 is 28.4. The van der Waals surface area contributed by atoms with Gasteiger partial charge in [-0.05, 0) is 61.2 Å². The third kappa shape index (κ3) is 6.14. The summed E-state index contributed by atoms with van der Waals surface area (Å²) in [5.41, 5.74) is 3.66. The zero-order valence-corrected chi connectivity index (χ0v) is 22.5. The Bertz CT molecular complexity index is 1410. The number of anilines is 1. The number of nitrogens with one attached hydrogen (secondary N) is 1. The molecule has 3 aromatic carbocycles. The van der Waals surface area contributed by atoms with Gasteiger partial charge < -0.3 is 10.2 Å². The van der Waals surface area contributed by atoms with Gasteiger partial charge in [-0.2, -0.15) is 0 Å². The molecular formula is C28H30ClN3O4S. The quantitative estimate of drug-likeness (QED) is 0.431. The minimum absolute atomic E-state index is 0.0888. The molecule has 2 amide bonds. The van der Waals surface area contributed by atoms with Crippen LogP contribution in [-0.2, 0) is 32.7 Å². The number of aryl methyl sites for hydroxylation is 1. The van der Waals surface area contributed by atoms with Crippen LogP contribution >= 0.6 is 11.6 Å². The van der Waals surface area contributed by atoms with Crippen molar-refractivity contribution in [3.8, 4) is 0 Å². The molecule has 1 aliphatic heterocycles. The van der Waals surface area contributed by atoms with E-state index in [4.69, 9.17) is 11.6 Å². The summed E-state index contributed by atoms with van der Waals surface area (Å²) in [4.78, 5) is 27.1. The van der Waals surface area contributed by atoms with Crippen molar-refractivity contribution in [1.29, 1.82) is 0 Å². The minimum atomic E-state index is -4.05. The number of rotatable bonds is 9. The minimum Gasteiger partial charge on any atom is -0.350 e. The van der Waals surface area contributed by atoms with Gasteiger partial charge in [0.1, 0.15) is 6.54 Å². The second-order valence-corrected chi connectivity index (χ2v) is 11.4. The monoisotopic (exact) mass is 539 g/mol. The number of benzene rings is 3. The second-order valence-electron chi connectivity index (χ2n) is 9.17. The summed E-state index contributed by atoms with van der Waals surface area (Å²) in [5.74, 6) is -0.324. The van der Waals surface area contributed by atoms with Gasteiger partial charge >= 0.3 is 0 Å². The van der Waals surface area contributed by atoms with Gasteiger partial charge in [-0.1, -0.05) is 59.6 Å². The molecule has 7 nitrogen and oxygen atoms in total. The summed E-state index contributed by atoms with van der Waals surface area (Å²) >= 11 is 6.30. The predicted molar refractivity (Wildman–Crippen MR) is 145 cm³/mol. The average molecular weight is 540 g/mol. The van der Waals surface area contributed by atoms with E-state index in [1.54, 1.807) is 37.3 Å². The van der Waals surface area contributed by atoms with Gasteiger partial charge in [0.15, 0.2) is 0 Å². The largest absolute Gasteiger partial charge is 0.350 e. The topological polar surface area (TPSA) is 86.8 Å². The molecule has 0 aliphatic carbocycles. The van der Waals surface area contributed by atoms with Crippen molar-refractivity contribution in [1.82, 2.24) is 10.2 Å². The molecule has 0 atom stereocenters. The lowest BCUT2D eigenvalue weighted by atomic mass is 10.1. The normalized spacial score (nSPS) is 13.6. The average Bonchev–Trinajstić information content (AvgIpc) is 3.28. The van der Waals surface area contributed by atoms with Crippen molar-refractivity contribution in [2.45, 2.75) is 44.7 Å². The molecule has 0 aromatic heterocycles. The smallest absolute Gasteiger partial charge is 0.264 e. The Morgan fingerprint density at radius 3 is 2.38 bits per heavy atom. The number of hydrogen-bond donors (Lipinski definition) is 1. The summed E-state index contributed by atoms with van der Waals surface area (Å²) in [5, 5.41) is 3.27. The van der Waals surface area contributed by atoms with Crippen LogP contribution in [0, 0.1) is 13.8 Å². The first-order chi connectivity index (χ1) is 17.7. The van der Waals surface area contributed by atoms with Gasteiger partial charge in [-0.15, -0.1) is 0 Å². The standard InChI is InChI=1S/C28H30ClN3O4S/c1-20-12-14-24(15-13-20)37(35,36)32(26-10-5-9-25(29)21(26)2)19-27(33)30-17-22-7-3-4-8-23(22)18-31-16-6-11-28(31)34/h3-5,7-10,12-15H,6,11,16-19H2,1-2H3,(H,30,33). The first-order valence-corrected chi connectivity index (χ1v) is 13.9. The number of carbonyl (C=O) groups excluding carboxylic acids is 2. The highest BCUT2D eigenvalue weighted by atomic mass is 35.5. The number of sulfonamides is 1. The number of nitrogens with zero attached hydrogens (tertiary/aromatic N) is 2. The number of hydrogen-bond acceptors (Lipinski definition) is 4. The Kier molecular flexibility index (Phi) is 8.19. The first-order valence-electron chi connectivity index (χ1n) is 12.1. The molecule has 1 aliphatic rings. The SMILES string of the molecule is Cc1ccc(S(=O)(=O)N(CC(=O)NCc2ccccc2CN2CCCC2=O)c2cccc(Cl)c2C)cc1. The van der Waals surface area contributed by atoms with Crippen LogP contribution < -0.4 is 9.62 Å². The van der Waals surface area contributed by atoms with Gasteiger partial charge in [0.2, 0.25) is 11.8 Å². The van der Waals surface area contributed by atoms with E-state index in [-0.39, 0.29) is 17.3 Å². The molecule has 0 saturated carbocycles. The van der Waals surface area contributed by atoms with Gasteiger partial charge in [0.25, 0.3) is 10.0 Å². The van der Waals surface area contributed by atoms with E-state index in [2.05, 4.69) is 5.32 Å². The van der Waals surface area contributed by atoms with Crippen molar-refractivity contribution in [3.05, 3.63) is 94.0 Å². The van der Waals surface area contributed by atoms with Crippen LogP contribution in [0.3, 0.4) is 0 Å². The number of likely N-dealkylation sites (tertiary alicyclic amines) is 1. The predicted octanol–water partition coefficient (Wildman–Crippen LogP) is 4.59. The lowest BCUT2D eigenvalue weighted by Crippen LogP contribution is -2.41. The fourth-order valence-electron chi connectivity index (χ4n) is 4.34. The Morgan fingerprint density at radius 2 is 1.70 bits per heavy atom. The van der Waals surface area contributed by atoms with E-state index < -0.39 is 22.5 Å². The number of carbonyl (C=O) groups is 2. The van der Waals surface area contributed by atoms with Gasteiger partial charge in [-0.25, -0.2) is 8.42 Å². The molecule has 0 radical (unpaired) electrons. The van der Waals surface area contributed by atoms with Gasteiger partial charge in [-0.3, -0.25) is 13.9 Å². The van der Waals surface area contributed by atoms with Crippen LogP contribution in [0.2, 0.25) is 5.02 Å². The molecule has 1 N–H and O–H groups in total. The Balaban J connectivity index is 1.56. The summed E-state index contributed by atoms with van der Waals surface area (Å²) in [6.07, 6.45) is 1.42. The first kappa shape index (κ1) is 26.7. The van der Waals surface area contributed by atoms with Crippen LogP contribution in [0.1, 0.15) is 35.1 Å². The second kappa shape index (κ2) is 11.4. The molecule has 0 unspecified atom stereocenters. The van der Waals surface area contributed by atoms with Crippen molar-refractivity contribution >= 4 is 39.1 Å². The van der Waals surface area contributed by atoms with Crippen LogP contribution in [0.5, 0.6) is 0 Å². The fourth-order valence-corrected chi connectivity index (χ4v) is 5.99. The van der Waals surface area contributed by atoms with E-state index in [0.29, 0.717) is 29.2 Å². The molecule has 1 heterocycles. The van der Waals surface area contributed by atoms with E-state index in [1.165, 1.54) is 12.1 Å². The van der Waals surface area contributed by atoms with E-state index in [9.17, 15) is 18.0 Å². The maximum atomic E-state index is 13.7. The molecule has 4 rings (SSSR count). The molecule has 3 aromatic rings. The third-order valence-corrected chi connectivity index (χ3v) is 8.71. The Morgan fingerprint density at radius 1 is 1.00 bits per heavy atom. The highest BCUT2D eigenvalue weighted by Crippen LogP contribution is 2.31. The molecule has 9 heteroatoms. The van der Waals surface area contributed by atoms with E-state index in [0.717, 1.165) is 34.0 Å². The molecule has 1 fully saturated rings. The molecule has 194 valence electrons. The highest BCUT2D eigenvalue weighted by Gasteiger charge is 2.29. The van der Waals surface area contributed by atoms with E-state index >= 15 is 0 Å². The van der Waals surface area contributed by atoms with Gasteiger partial charge in [0.05, 0.1) is 10.6 Å². The molecule has 37 heavy (non-hydrogen) atoms. The summed E-state index contributed by atoms with van der Waals surface area (Å²) in [6, 6.07) is 19.1. The zero-order chi connectivity index (χ0) is 26.6. The number of halogens is 1. The summed E-state index contributed by atoms with van der Waals surface area (Å²) in [6.45, 7) is 4.61. The fraction of sp³-hybridized carbons (Fsp3) is 0.286.